The number of rotatable bonds is 4. The van der Waals surface area contributed by atoms with Gasteiger partial charge in [0.05, 0.1) is 26.4 Å². The summed E-state index contributed by atoms with van der Waals surface area (Å²) in [5.74, 6) is 0.666. The van der Waals surface area contributed by atoms with E-state index in [9.17, 15) is 0 Å². The molecule has 3 aliphatic heterocycles. The molecule has 3 heterocycles. The Hall–Kier alpha value is -4.65. The predicted octanol–water partition coefficient (Wildman–Crippen LogP) is 8.62. The van der Waals surface area contributed by atoms with E-state index in [1.807, 2.05) is 6.92 Å². The number of anilines is 2. The van der Waals surface area contributed by atoms with Crippen molar-refractivity contribution in [3.8, 4) is 16.9 Å². The number of ether oxygens (including phenoxy) is 3. The van der Waals surface area contributed by atoms with E-state index >= 15 is 4.39 Å². The molecule has 0 unspecified atom stereocenters. The molecule has 0 amide bonds. The summed E-state index contributed by atoms with van der Waals surface area (Å²) in [6.45, 7) is 13.1. The van der Waals surface area contributed by atoms with Crippen LogP contribution in [0.15, 0.2) is 91.0 Å². The van der Waals surface area contributed by atoms with Crippen molar-refractivity contribution in [2.45, 2.75) is 31.8 Å². The average Bonchev–Trinajstić information content (AvgIpc) is 3.39. The largest absolute Gasteiger partial charge is 0.472 e. The minimum atomic E-state index is -0.866. The predicted molar refractivity (Wildman–Crippen MR) is 196 cm³/mol. The Morgan fingerprint density at radius 1 is 0.673 bits per heavy atom. The number of benzene rings is 5. The van der Waals surface area contributed by atoms with Gasteiger partial charge in [-0.3, -0.25) is 0 Å². The van der Waals surface area contributed by atoms with E-state index in [1.165, 1.54) is 22.5 Å². The first-order chi connectivity index (χ1) is 23.8. The molecular formula is C43H41FN2O3. The molecule has 248 valence electrons. The number of hydrogen-bond donors (Lipinski definition) is 0. The molecule has 9 rings (SSSR count). The summed E-state index contributed by atoms with van der Waals surface area (Å²) >= 11 is 0. The Labute approximate surface area is 287 Å². The molecule has 0 atom stereocenters. The van der Waals surface area contributed by atoms with Crippen molar-refractivity contribution in [1.29, 1.82) is 0 Å². The SMILES string of the molecule is Cc1cc(F)cc2c1C(C)(C)c1c3c(c4ccccc4c1-2)OC(c1ccc(N2CCOCC2)cc1)(c1ccc(N2CCOCC2)cc1)C=C3. The third kappa shape index (κ3) is 4.72. The maximum Gasteiger partial charge on any atom is 0.178 e. The van der Waals surface area contributed by atoms with E-state index in [0.29, 0.717) is 0 Å². The lowest BCUT2D eigenvalue weighted by Crippen LogP contribution is -2.37. The van der Waals surface area contributed by atoms with E-state index in [-0.39, 0.29) is 11.2 Å². The summed E-state index contributed by atoms with van der Waals surface area (Å²) in [6.07, 6.45) is 4.51. The fourth-order valence-corrected chi connectivity index (χ4v) is 8.88. The van der Waals surface area contributed by atoms with Gasteiger partial charge in [0.15, 0.2) is 5.60 Å². The number of morpholine rings is 2. The van der Waals surface area contributed by atoms with Gasteiger partial charge in [0.25, 0.3) is 0 Å². The van der Waals surface area contributed by atoms with Crippen molar-refractivity contribution in [2.24, 2.45) is 0 Å². The van der Waals surface area contributed by atoms with Gasteiger partial charge in [0, 0.05) is 65.0 Å². The lowest BCUT2D eigenvalue weighted by molar-refractivity contribution is 0.122. The van der Waals surface area contributed by atoms with Crippen LogP contribution in [0.25, 0.3) is 28.0 Å². The quantitative estimate of drug-likeness (QED) is 0.194. The molecule has 2 saturated heterocycles. The topological polar surface area (TPSA) is 34.2 Å². The summed E-state index contributed by atoms with van der Waals surface area (Å²) in [4.78, 5) is 4.76. The van der Waals surface area contributed by atoms with Gasteiger partial charge in [-0.15, -0.1) is 0 Å². The van der Waals surface area contributed by atoms with Crippen LogP contribution in [-0.4, -0.2) is 52.6 Å². The Kier molecular flexibility index (Phi) is 7.12. The smallest absolute Gasteiger partial charge is 0.178 e. The average molecular weight is 653 g/mol. The van der Waals surface area contributed by atoms with E-state index < -0.39 is 5.60 Å². The summed E-state index contributed by atoms with van der Waals surface area (Å²) in [5, 5.41) is 2.12. The first-order valence-electron chi connectivity index (χ1n) is 17.5. The molecule has 4 aliphatic rings. The van der Waals surface area contributed by atoms with E-state index in [2.05, 4.69) is 109 Å². The van der Waals surface area contributed by atoms with Crippen molar-refractivity contribution in [3.05, 3.63) is 130 Å². The van der Waals surface area contributed by atoms with Crippen LogP contribution in [0.4, 0.5) is 15.8 Å². The van der Waals surface area contributed by atoms with Gasteiger partial charge in [-0.1, -0.05) is 68.5 Å². The normalized spacial score (nSPS) is 18.9. The molecule has 0 saturated carbocycles. The van der Waals surface area contributed by atoms with Crippen molar-refractivity contribution < 1.29 is 18.6 Å². The maximum atomic E-state index is 15.0. The highest BCUT2D eigenvalue weighted by molar-refractivity contribution is 6.08. The van der Waals surface area contributed by atoms with Crippen LogP contribution >= 0.6 is 0 Å². The third-order valence-corrected chi connectivity index (χ3v) is 11.1. The van der Waals surface area contributed by atoms with Gasteiger partial charge in [0.1, 0.15) is 11.6 Å². The van der Waals surface area contributed by atoms with Crippen LogP contribution in [0.2, 0.25) is 0 Å². The van der Waals surface area contributed by atoms with E-state index in [0.717, 1.165) is 103 Å². The van der Waals surface area contributed by atoms with Crippen LogP contribution < -0.4 is 14.5 Å². The monoisotopic (exact) mass is 652 g/mol. The second kappa shape index (κ2) is 11.5. The van der Waals surface area contributed by atoms with Gasteiger partial charge >= 0.3 is 0 Å². The number of aryl methyl sites for hydroxylation is 1. The molecule has 5 aromatic carbocycles. The second-order valence-corrected chi connectivity index (χ2v) is 14.3. The molecule has 1 aliphatic carbocycles. The minimum absolute atomic E-state index is 0.200. The highest BCUT2D eigenvalue weighted by Crippen LogP contribution is 2.58. The van der Waals surface area contributed by atoms with Gasteiger partial charge in [0.2, 0.25) is 0 Å². The van der Waals surface area contributed by atoms with Crippen molar-refractivity contribution in [3.63, 3.8) is 0 Å². The molecule has 2 fully saturated rings. The highest BCUT2D eigenvalue weighted by atomic mass is 19.1. The standard InChI is InChI=1S/C43H41FN2O3/c1-28-26-31(44)27-37-38-34-6-4-5-7-35(34)41-36(40(38)42(2,3)39(28)37)16-17-43(49-41,29-8-12-32(13-9-29)45-18-22-47-23-19-45)30-10-14-33(15-11-30)46-20-24-48-25-21-46/h4-17,26-27H,18-25H2,1-3H3. The Morgan fingerprint density at radius 3 is 1.80 bits per heavy atom. The third-order valence-electron chi connectivity index (χ3n) is 11.1. The molecule has 5 aromatic rings. The fourth-order valence-electron chi connectivity index (χ4n) is 8.88. The lowest BCUT2D eigenvalue weighted by atomic mass is 9.76. The molecule has 49 heavy (non-hydrogen) atoms. The van der Waals surface area contributed by atoms with Crippen LogP contribution in [0.1, 0.15) is 47.2 Å². The zero-order valence-corrected chi connectivity index (χ0v) is 28.4. The van der Waals surface area contributed by atoms with Crippen molar-refractivity contribution in [1.82, 2.24) is 0 Å². The van der Waals surface area contributed by atoms with Gasteiger partial charge in [-0.05, 0) is 82.6 Å². The lowest BCUT2D eigenvalue weighted by Gasteiger charge is -2.39. The molecule has 0 N–H and O–H groups in total. The molecule has 0 bridgehead atoms. The first kappa shape index (κ1) is 30.4. The van der Waals surface area contributed by atoms with Gasteiger partial charge < -0.3 is 24.0 Å². The van der Waals surface area contributed by atoms with Gasteiger partial charge in [-0.2, -0.15) is 0 Å². The van der Waals surface area contributed by atoms with Crippen molar-refractivity contribution in [2.75, 3.05) is 62.4 Å². The Morgan fingerprint density at radius 2 is 1.22 bits per heavy atom. The van der Waals surface area contributed by atoms with Crippen LogP contribution in [0.3, 0.4) is 0 Å². The zero-order valence-electron chi connectivity index (χ0n) is 28.4. The van der Waals surface area contributed by atoms with Gasteiger partial charge in [-0.25, -0.2) is 4.39 Å². The fraction of sp³-hybridized carbons (Fsp3) is 0.302. The Balaban J connectivity index is 1.23. The van der Waals surface area contributed by atoms with Crippen LogP contribution in [-0.2, 0) is 20.5 Å². The molecule has 6 heteroatoms. The number of fused-ring (bicyclic) bond motifs is 8. The minimum Gasteiger partial charge on any atom is -0.472 e. The molecule has 0 spiro atoms. The summed E-state index contributed by atoms with van der Waals surface area (Å²) in [7, 11) is 0. The first-order valence-corrected chi connectivity index (χ1v) is 17.5. The summed E-state index contributed by atoms with van der Waals surface area (Å²) < 4.78 is 33.8. The maximum absolute atomic E-state index is 15.0. The van der Waals surface area contributed by atoms with E-state index in [4.69, 9.17) is 14.2 Å². The van der Waals surface area contributed by atoms with Crippen LogP contribution in [0.5, 0.6) is 5.75 Å². The molecule has 0 aromatic heterocycles. The number of halogens is 1. The number of hydrogen-bond acceptors (Lipinski definition) is 5. The zero-order chi connectivity index (χ0) is 33.3. The Bertz CT molecular complexity index is 2050. The summed E-state index contributed by atoms with van der Waals surface area (Å²) in [5.41, 5.74) is 9.83. The highest BCUT2D eigenvalue weighted by Gasteiger charge is 2.45. The van der Waals surface area contributed by atoms with Crippen LogP contribution in [0, 0.1) is 12.7 Å². The van der Waals surface area contributed by atoms with E-state index in [1.54, 1.807) is 12.1 Å². The van der Waals surface area contributed by atoms with Crippen molar-refractivity contribution >= 4 is 28.2 Å². The number of nitrogens with zero attached hydrogens (tertiary/aromatic N) is 2. The molecular weight excluding hydrogens is 611 g/mol. The summed E-state index contributed by atoms with van der Waals surface area (Å²) in [6, 6.07) is 29.6. The second-order valence-electron chi connectivity index (χ2n) is 14.3. The molecule has 5 nitrogen and oxygen atoms in total. The molecule has 0 radical (unpaired) electrons.